The Morgan fingerprint density at radius 3 is 2.62 bits per heavy atom. The van der Waals surface area contributed by atoms with E-state index in [0.29, 0.717) is 6.54 Å². The first-order valence-corrected chi connectivity index (χ1v) is 5.91. The molecule has 0 spiro atoms. The Hall–Kier alpha value is -2.36. The van der Waals surface area contributed by atoms with Gasteiger partial charge in [-0.25, -0.2) is 10.8 Å². The molecule has 0 saturated heterocycles. The Bertz CT molecular complexity index is 623. The lowest BCUT2D eigenvalue weighted by Crippen LogP contribution is -2.22. The molecule has 0 unspecified atom stereocenters. The maximum absolute atomic E-state index is 12.8. The molecule has 0 aliphatic rings. The third-order valence-corrected chi connectivity index (χ3v) is 2.70. The highest BCUT2D eigenvalue weighted by atomic mass is 19.4. The van der Waals surface area contributed by atoms with Gasteiger partial charge in [-0.15, -0.1) is 0 Å². The Morgan fingerprint density at radius 2 is 2.10 bits per heavy atom. The predicted molar refractivity (Wildman–Crippen MR) is 70.2 cm³/mol. The van der Waals surface area contributed by atoms with Crippen LogP contribution in [0.1, 0.15) is 11.3 Å². The van der Waals surface area contributed by atoms with Gasteiger partial charge in [0, 0.05) is 38.5 Å². The Balaban J connectivity index is 2.29. The highest BCUT2D eigenvalue weighted by Crippen LogP contribution is 2.30. The highest BCUT2D eigenvalue weighted by molar-refractivity contribution is 5.45. The highest BCUT2D eigenvalue weighted by Gasteiger charge is 2.34. The second kappa shape index (κ2) is 5.56. The van der Waals surface area contributed by atoms with Crippen molar-refractivity contribution in [2.45, 2.75) is 12.7 Å². The number of hydrogen-bond donors (Lipinski definition) is 2. The first-order valence-electron chi connectivity index (χ1n) is 5.91. The van der Waals surface area contributed by atoms with Crippen LogP contribution in [-0.4, -0.2) is 26.8 Å². The van der Waals surface area contributed by atoms with Crippen LogP contribution in [0.25, 0.3) is 0 Å². The second-order valence-corrected chi connectivity index (χ2v) is 4.46. The minimum Gasteiger partial charge on any atom is -0.355 e. The average molecular weight is 301 g/mol. The van der Waals surface area contributed by atoms with Gasteiger partial charge in [0.25, 0.3) is 0 Å². The van der Waals surface area contributed by atoms with E-state index in [-0.39, 0.29) is 11.8 Å². The van der Waals surface area contributed by atoms with E-state index in [0.717, 1.165) is 11.6 Å². The smallest absolute Gasteiger partial charge is 0.355 e. The number of aryl methyl sites for hydroxylation is 1. The lowest BCUT2D eigenvalue weighted by atomic mass is 10.3. The van der Waals surface area contributed by atoms with Crippen molar-refractivity contribution in [3.63, 3.8) is 0 Å². The fourth-order valence-electron chi connectivity index (χ4n) is 1.75. The Kier molecular flexibility index (Phi) is 3.98. The van der Waals surface area contributed by atoms with Gasteiger partial charge < -0.3 is 4.90 Å². The van der Waals surface area contributed by atoms with Gasteiger partial charge in [0.05, 0.1) is 6.20 Å². The van der Waals surface area contributed by atoms with E-state index >= 15 is 0 Å². The van der Waals surface area contributed by atoms with Crippen LogP contribution in [0.4, 0.5) is 24.9 Å². The molecular weight excluding hydrogens is 287 g/mol. The fraction of sp³-hybridized carbons (Fsp3) is 0.364. The number of rotatable bonds is 4. The summed E-state index contributed by atoms with van der Waals surface area (Å²) < 4.78 is 40.0. The van der Waals surface area contributed by atoms with Gasteiger partial charge in [-0.2, -0.15) is 23.3 Å². The summed E-state index contributed by atoms with van der Waals surface area (Å²) in [6.07, 6.45) is -1.17. The second-order valence-electron chi connectivity index (χ2n) is 4.46. The van der Waals surface area contributed by atoms with Gasteiger partial charge >= 0.3 is 6.18 Å². The topological polar surface area (TPSA) is 84.9 Å². The van der Waals surface area contributed by atoms with Gasteiger partial charge in [-0.05, 0) is 0 Å². The van der Waals surface area contributed by atoms with Gasteiger partial charge in [0.15, 0.2) is 5.69 Å². The summed E-state index contributed by atoms with van der Waals surface area (Å²) in [5.41, 5.74) is 1.82. The minimum absolute atomic E-state index is 0.106. The third kappa shape index (κ3) is 3.60. The Morgan fingerprint density at radius 1 is 1.38 bits per heavy atom. The molecule has 0 aliphatic heterocycles. The zero-order valence-corrected chi connectivity index (χ0v) is 11.4. The molecule has 114 valence electrons. The predicted octanol–water partition coefficient (Wildman–Crippen LogP) is 1.15. The number of hydrazine groups is 1. The van der Waals surface area contributed by atoms with Crippen LogP contribution in [-0.2, 0) is 19.8 Å². The van der Waals surface area contributed by atoms with Crippen molar-refractivity contribution in [1.29, 1.82) is 0 Å². The lowest BCUT2D eigenvalue weighted by molar-refractivity contribution is -0.141. The summed E-state index contributed by atoms with van der Waals surface area (Å²) in [6.45, 7) is 0.353. The molecule has 0 fully saturated rings. The SMILES string of the molecule is CN(Cc1cnn(C)c1)c1cc(C(F)(F)F)nc(NN)n1. The molecule has 2 rings (SSSR count). The van der Waals surface area contributed by atoms with Crippen molar-refractivity contribution in [3.05, 3.63) is 29.7 Å². The Labute approximate surface area is 118 Å². The minimum atomic E-state index is -4.57. The molecule has 2 heterocycles. The number of hydrogen-bond acceptors (Lipinski definition) is 6. The number of nitrogens with two attached hydrogens (primary N) is 1. The number of anilines is 2. The van der Waals surface area contributed by atoms with Crippen LogP contribution in [0.5, 0.6) is 0 Å². The van der Waals surface area contributed by atoms with E-state index in [2.05, 4.69) is 15.1 Å². The zero-order valence-electron chi connectivity index (χ0n) is 11.4. The number of nitrogens with zero attached hydrogens (tertiary/aromatic N) is 5. The lowest BCUT2D eigenvalue weighted by Gasteiger charge is -2.19. The number of nitrogens with one attached hydrogen (secondary N) is 1. The molecule has 0 aliphatic carbocycles. The quantitative estimate of drug-likeness (QED) is 0.651. The van der Waals surface area contributed by atoms with Gasteiger partial charge in [-0.1, -0.05) is 0 Å². The summed E-state index contributed by atoms with van der Waals surface area (Å²) in [7, 11) is 3.38. The molecular formula is C11H14F3N7. The molecule has 0 saturated carbocycles. The van der Waals surface area contributed by atoms with Gasteiger partial charge in [0.1, 0.15) is 5.82 Å². The van der Waals surface area contributed by atoms with E-state index in [1.807, 2.05) is 5.43 Å². The number of nitrogen functional groups attached to an aromatic ring is 1. The van der Waals surface area contributed by atoms with E-state index in [4.69, 9.17) is 5.84 Å². The number of aromatic nitrogens is 4. The summed E-state index contributed by atoms with van der Waals surface area (Å²) in [5, 5.41) is 4.00. The molecule has 0 radical (unpaired) electrons. The van der Waals surface area contributed by atoms with Crippen molar-refractivity contribution in [2.24, 2.45) is 12.9 Å². The molecule has 10 heteroatoms. The zero-order chi connectivity index (χ0) is 15.6. The van der Waals surface area contributed by atoms with E-state index in [1.54, 1.807) is 36.1 Å². The molecule has 2 aromatic heterocycles. The molecule has 0 atom stereocenters. The molecule has 0 aromatic carbocycles. The van der Waals surface area contributed by atoms with Gasteiger partial charge in [0.2, 0.25) is 5.95 Å². The third-order valence-electron chi connectivity index (χ3n) is 2.70. The summed E-state index contributed by atoms with van der Waals surface area (Å²) in [5.74, 6) is 4.92. The number of halogens is 3. The van der Waals surface area contributed by atoms with Crippen LogP contribution in [0.15, 0.2) is 18.5 Å². The molecule has 7 nitrogen and oxygen atoms in total. The maximum atomic E-state index is 12.8. The van der Waals surface area contributed by atoms with Crippen molar-refractivity contribution in [2.75, 3.05) is 17.4 Å². The van der Waals surface area contributed by atoms with Crippen molar-refractivity contribution < 1.29 is 13.2 Å². The first kappa shape index (κ1) is 15.0. The van der Waals surface area contributed by atoms with Crippen LogP contribution in [0, 0.1) is 0 Å². The molecule has 0 amide bonds. The molecule has 3 N–H and O–H groups in total. The van der Waals surface area contributed by atoms with Crippen molar-refractivity contribution in [3.8, 4) is 0 Å². The first-order chi connectivity index (χ1) is 9.79. The molecule has 0 bridgehead atoms. The largest absolute Gasteiger partial charge is 0.433 e. The van der Waals surface area contributed by atoms with Gasteiger partial charge in [-0.3, -0.25) is 10.1 Å². The maximum Gasteiger partial charge on any atom is 0.433 e. The normalized spacial score (nSPS) is 11.5. The van der Waals surface area contributed by atoms with E-state index in [1.165, 1.54) is 0 Å². The molecule has 21 heavy (non-hydrogen) atoms. The van der Waals surface area contributed by atoms with Crippen LogP contribution in [0.3, 0.4) is 0 Å². The average Bonchev–Trinajstić information content (AvgIpc) is 2.82. The summed E-state index contributed by atoms with van der Waals surface area (Å²) in [4.78, 5) is 8.77. The summed E-state index contributed by atoms with van der Waals surface area (Å²) in [6, 6.07) is 0.872. The van der Waals surface area contributed by atoms with E-state index in [9.17, 15) is 13.2 Å². The van der Waals surface area contributed by atoms with Crippen molar-refractivity contribution >= 4 is 11.8 Å². The van der Waals surface area contributed by atoms with Crippen LogP contribution >= 0.6 is 0 Å². The van der Waals surface area contributed by atoms with E-state index < -0.39 is 11.9 Å². The number of alkyl halides is 3. The molecule has 2 aromatic rings. The standard InChI is InChI=1S/C11H14F3N7/c1-20(5-7-4-16-21(2)6-7)9-3-8(11(12,13)14)17-10(18-9)19-15/h3-4,6H,5,15H2,1-2H3,(H,17,18,19). The summed E-state index contributed by atoms with van der Waals surface area (Å²) >= 11 is 0. The monoisotopic (exact) mass is 301 g/mol. The fourth-order valence-corrected chi connectivity index (χ4v) is 1.75. The van der Waals surface area contributed by atoms with Crippen LogP contribution < -0.4 is 16.2 Å². The van der Waals surface area contributed by atoms with Crippen LogP contribution in [0.2, 0.25) is 0 Å². The van der Waals surface area contributed by atoms with Crippen molar-refractivity contribution in [1.82, 2.24) is 19.7 Å².